The molecular formula is C31H39F. The van der Waals surface area contributed by atoms with Crippen molar-refractivity contribution in [1.82, 2.24) is 0 Å². The molecule has 0 unspecified atom stereocenters. The van der Waals surface area contributed by atoms with Gasteiger partial charge in [-0.3, -0.25) is 0 Å². The van der Waals surface area contributed by atoms with Crippen LogP contribution in [0.5, 0.6) is 0 Å². The molecule has 0 nitrogen and oxygen atoms in total. The number of unbranched alkanes of at least 4 members (excludes halogenated alkanes) is 4. The maximum Gasteiger partial charge on any atom is 0.138 e. The highest BCUT2D eigenvalue weighted by molar-refractivity contribution is 5.88. The topological polar surface area (TPSA) is 0 Å². The largest absolute Gasteiger partial charge is 0.206 e. The first-order valence-corrected chi connectivity index (χ1v) is 13.0. The molecule has 1 aliphatic carbocycles. The third kappa shape index (κ3) is 6.00. The van der Waals surface area contributed by atoms with E-state index in [2.05, 4.69) is 25.1 Å². The van der Waals surface area contributed by atoms with Crippen molar-refractivity contribution in [1.29, 1.82) is 0 Å². The number of benzene rings is 3. The minimum absolute atomic E-state index is 0.103. The van der Waals surface area contributed by atoms with E-state index in [1.807, 2.05) is 42.5 Å². The Morgan fingerprint density at radius 3 is 2.22 bits per heavy atom. The Hall–Kier alpha value is -2.15. The predicted molar refractivity (Wildman–Crippen MR) is 136 cm³/mol. The lowest BCUT2D eigenvalue weighted by atomic mass is 9.77. The van der Waals surface area contributed by atoms with Crippen molar-refractivity contribution in [2.45, 2.75) is 84.0 Å². The summed E-state index contributed by atoms with van der Waals surface area (Å²) < 4.78 is 15.1. The number of halogens is 1. The van der Waals surface area contributed by atoms with E-state index in [4.69, 9.17) is 0 Å². The van der Waals surface area contributed by atoms with Gasteiger partial charge in [0, 0.05) is 10.9 Å². The summed E-state index contributed by atoms with van der Waals surface area (Å²) in [5, 5.41) is 1.75. The maximum absolute atomic E-state index is 15.1. The second kappa shape index (κ2) is 11.6. The summed E-state index contributed by atoms with van der Waals surface area (Å²) >= 11 is 0. The van der Waals surface area contributed by atoms with Crippen molar-refractivity contribution < 1.29 is 4.39 Å². The summed E-state index contributed by atoms with van der Waals surface area (Å²) in [4.78, 5) is 0. The first-order valence-electron chi connectivity index (χ1n) is 13.0. The number of aryl methyl sites for hydroxylation is 1. The lowest BCUT2D eigenvalue weighted by molar-refractivity contribution is 0.249. The van der Waals surface area contributed by atoms with Gasteiger partial charge in [0.25, 0.3) is 0 Å². The second-order valence-corrected chi connectivity index (χ2v) is 9.98. The molecule has 1 aliphatic rings. The Balaban J connectivity index is 1.28. The van der Waals surface area contributed by atoms with Crippen molar-refractivity contribution in [3.63, 3.8) is 0 Å². The Bertz CT molecular complexity index is 966. The third-order valence-corrected chi connectivity index (χ3v) is 7.63. The van der Waals surface area contributed by atoms with Crippen LogP contribution < -0.4 is 0 Å². The molecule has 0 spiro atoms. The molecule has 0 atom stereocenters. The van der Waals surface area contributed by atoms with E-state index < -0.39 is 0 Å². The molecule has 0 saturated heterocycles. The normalized spacial score (nSPS) is 18.8. The Labute approximate surface area is 194 Å². The van der Waals surface area contributed by atoms with Crippen molar-refractivity contribution >= 4 is 10.8 Å². The smallest absolute Gasteiger partial charge is 0.138 e. The van der Waals surface area contributed by atoms with E-state index in [0.29, 0.717) is 5.56 Å². The molecule has 1 fully saturated rings. The highest BCUT2D eigenvalue weighted by atomic mass is 19.1. The van der Waals surface area contributed by atoms with Gasteiger partial charge in [0.15, 0.2) is 0 Å². The van der Waals surface area contributed by atoms with E-state index in [9.17, 15) is 0 Å². The zero-order valence-corrected chi connectivity index (χ0v) is 19.8. The SMILES string of the molecule is CCCCCCC[C@H]1CC[C@H](CCc2ccc3c(F)c(-c4ccccc4)ccc3c2)CC1. The molecule has 0 amide bonds. The summed E-state index contributed by atoms with van der Waals surface area (Å²) in [6, 6.07) is 20.2. The average Bonchev–Trinajstić information content (AvgIpc) is 2.84. The van der Waals surface area contributed by atoms with Crippen LogP contribution >= 0.6 is 0 Å². The van der Waals surface area contributed by atoms with Crippen molar-refractivity contribution in [3.05, 3.63) is 72.0 Å². The number of fused-ring (bicyclic) bond motifs is 1. The molecule has 0 N–H and O–H groups in total. The molecule has 32 heavy (non-hydrogen) atoms. The molecule has 0 aromatic heterocycles. The number of rotatable bonds is 10. The lowest BCUT2D eigenvalue weighted by Crippen LogP contribution is -2.15. The summed E-state index contributed by atoms with van der Waals surface area (Å²) in [5.41, 5.74) is 2.97. The summed E-state index contributed by atoms with van der Waals surface area (Å²) in [6.45, 7) is 2.29. The highest BCUT2D eigenvalue weighted by Crippen LogP contribution is 2.35. The average molecular weight is 431 g/mol. The molecule has 0 aliphatic heterocycles. The van der Waals surface area contributed by atoms with Gasteiger partial charge in [0.2, 0.25) is 0 Å². The number of hydrogen-bond acceptors (Lipinski definition) is 0. The van der Waals surface area contributed by atoms with Gasteiger partial charge in [0.05, 0.1) is 0 Å². The van der Waals surface area contributed by atoms with Crippen LogP contribution in [-0.4, -0.2) is 0 Å². The van der Waals surface area contributed by atoms with Crippen LogP contribution in [0.4, 0.5) is 4.39 Å². The first kappa shape index (κ1) is 23.0. The summed E-state index contributed by atoms with van der Waals surface area (Å²) in [6.07, 6.45) is 16.6. The number of hydrogen-bond donors (Lipinski definition) is 0. The van der Waals surface area contributed by atoms with Gasteiger partial charge < -0.3 is 0 Å². The Kier molecular flexibility index (Phi) is 8.37. The van der Waals surface area contributed by atoms with Gasteiger partial charge in [-0.2, -0.15) is 0 Å². The van der Waals surface area contributed by atoms with E-state index in [1.54, 1.807) is 0 Å². The zero-order chi connectivity index (χ0) is 22.2. The van der Waals surface area contributed by atoms with E-state index in [-0.39, 0.29) is 5.82 Å². The van der Waals surface area contributed by atoms with Crippen LogP contribution in [0.2, 0.25) is 0 Å². The van der Waals surface area contributed by atoms with Crippen LogP contribution in [0, 0.1) is 17.7 Å². The monoisotopic (exact) mass is 430 g/mol. The van der Waals surface area contributed by atoms with Crippen molar-refractivity contribution in [2.24, 2.45) is 11.8 Å². The third-order valence-electron chi connectivity index (χ3n) is 7.63. The fraction of sp³-hybridized carbons (Fsp3) is 0.484. The molecule has 0 radical (unpaired) electrons. The minimum Gasteiger partial charge on any atom is -0.206 e. The maximum atomic E-state index is 15.1. The van der Waals surface area contributed by atoms with Crippen molar-refractivity contribution in [2.75, 3.05) is 0 Å². The lowest BCUT2D eigenvalue weighted by Gasteiger charge is -2.28. The van der Waals surface area contributed by atoms with E-state index >= 15 is 4.39 Å². The van der Waals surface area contributed by atoms with Gasteiger partial charge in [-0.1, -0.05) is 132 Å². The molecular weight excluding hydrogens is 391 g/mol. The van der Waals surface area contributed by atoms with Crippen LogP contribution in [-0.2, 0) is 6.42 Å². The van der Waals surface area contributed by atoms with Crippen LogP contribution in [0.25, 0.3) is 21.9 Å². The molecule has 3 aromatic carbocycles. The molecule has 1 saturated carbocycles. The van der Waals surface area contributed by atoms with Gasteiger partial charge in [-0.05, 0) is 41.2 Å². The quantitative estimate of drug-likeness (QED) is 0.281. The molecule has 4 rings (SSSR count). The fourth-order valence-corrected chi connectivity index (χ4v) is 5.55. The van der Waals surface area contributed by atoms with Gasteiger partial charge in [-0.25, -0.2) is 4.39 Å². The predicted octanol–water partition coefficient (Wildman–Crippen LogP) is 9.75. The van der Waals surface area contributed by atoms with Gasteiger partial charge >= 0.3 is 0 Å². The molecule has 1 heteroatoms. The second-order valence-electron chi connectivity index (χ2n) is 9.98. The van der Waals surface area contributed by atoms with Crippen LogP contribution in [0.1, 0.15) is 83.1 Å². The van der Waals surface area contributed by atoms with Crippen molar-refractivity contribution in [3.8, 4) is 11.1 Å². The van der Waals surface area contributed by atoms with E-state index in [0.717, 1.165) is 34.6 Å². The van der Waals surface area contributed by atoms with Crippen LogP contribution in [0.3, 0.4) is 0 Å². The first-order chi connectivity index (χ1) is 15.7. The molecule has 170 valence electrons. The van der Waals surface area contributed by atoms with Gasteiger partial charge in [0.1, 0.15) is 5.82 Å². The van der Waals surface area contributed by atoms with Crippen LogP contribution in [0.15, 0.2) is 60.7 Å². The fourth-order valence-electron chi connectivity index (χ4n) is 5.55. The molecule has 0 bridgehead atoms. The van der Waals surface area contributed by atoms with E-state index in [1.165, 1.54) is 76.2 Å². The molecule has 0 heterocycles. The Morgan fingerprint density at radius 2 is 1.47 bits per heavy atom. The summed E-state index contributed by atoms with van der Waals surface area (Å²) in [5.74, 6) is 1.75. The zero-order valence-electron chi connectivity index (χ0n) is 19.8. The minimum atomic E-state index is -0.103. The van der Waals surface area contributed by atoms with Gasteiger partial charge in [-0.15, -0.1) is 0 Å². The standard InChI is InChI=1S/C31H39F/c1-2-3-4-5-7-10-24-13-15-25(16-14-24)17-18-26-19-21-30-28(23-26)20-22-29(31(30)32)27-11-8-6-9-12-27/h6,8-9,11-12,19-25H,2-5,7,10,13-18H2,1H3/t24-,25-. The molecule has 3 aromatic rings. The highest BCUT2D eigenvalue weighted by Gasteiger charge is 2.20. The Morgan fingerprint density at radius 1 is 0.750 bits per heavy atom. The summed E-state index contributed by atoms with van der Waals surface area (Å²) in [7, 11) is 0.